The number of benzene rings is 3. The number of nitrogens with zero attached hydrogens (tertiary/aromatic N) is 1. The van der Waals surface area contributed by atoms with Gasteiger partial charge in [-0.25, -0.2) is 4.79 Å². The van der Waals surface area contributed by atoms with E-state index in [-0.39, 0.29) is 13.2 Å². The lowest BCUT2D eigenvalue weighted by Gasteiger charge is -2.20. The largest absolute Gasteiger partial charge is 0.491 e. The van der Waals surface area contributed by atoms with Gasteiger partial charge < -0.3 is 19.8 Å². The Bertz CT molecular complexity index is 1190. The molecule has 0 atom stereocenters. The van der Waals surface area contributed by atoms with Gasteiger partial charge >= 0.3 is 5.97 Å². The topological polar surface area (TPSA) is 70.0 Å². The molecule has 0 radical (unpaired) electrons. The number of carboxylic acids is 1. The Morgan fingerprint density at radius 3 is 2.43 bits per heavy atom. The molecule has 0 aromatic heterocycles. The Morgan fingerprint density at radius 1 is 1.00 bits per heavy atom. The van der Waals surface area contributed by atoms with Gasteiger partial charge in [0.25, 0.3) is 0 Å². The number of aliphatic hydroxyl groups excluding tert-OH is 1. The summed E-state index contributed by atoms with van der Waals surface area (Å²) in [6.45, 7) is 4.29. The highest BCUT2D eigenvalue weighted by Gasteiger charge is 2.18. The molecule has 0 amide bonds. The molecule has 0 unspecified atom stereocenters. The third kappa shape index (κ3) is 5.80. The van der Waals surface area contributed by atoms with Crippen LogP contribution in [-0.2, 0) is 6.42 Å². The molecule has 0 spiro atoms. The van der Waals surface area contributed by atoms with Crippen molar-refractivity contribution in [2.24, 2.45) is 0 Å². The highest BCUT2D eigenvalue weighted by Crippen LogP contribution is 2.39. The number of aryl methyl sites for hydroxylation is 1. The van der Waals surface area contributed by atoms with Gasteiger partial charge in [-0.1, -0.05) is 43.1 Å². The predicted molar refractivity (Wildman–Crippen MR) is 142 cm³/mol. The van der Waals surface area contributed by atoms with Crippen LogP contribution in [0.25, 0.3) is 22.3 Å². The number of carboxylic acid groups (broad SMARTS) is 1. The Kier molecular flexibility index (Phi) is 8.32. The smallest absolute Gasteiger partial charge is 0.335 e. The van der Waals surface area contributed by atoms with E-state index in [1.54, 1.807) is 12.1 Å². The van der Waals surface area contributed by atoms with Crippen molar-refractivity contribution in [1.29, 1.82) is 0 Å². The van der Waals surface area contributed by atoms with Gasteiger partial charge in [0.1, 0.15) is 12.4 Å². The molecule has 1 fully saturated rings. The van der Waals surface area contributed by atoms with Crippen LogP contribution in [0.1, 0.15) is 48.5 Å². The van der Waals surface area contributed by atoms with E-state index in [0.717, 1.165) is 65.9 Å². The van der Waals surface area contributed by atoms with E-state index in [1.807, 2.05) is 24.3 Å². The van der Waals surface area contributed by atoms with Crippen molar-refractivity contribution >= 4 is 23.3 Å². The quantitative estimate of drug-likeness (QED) is 0.329. The summed E-state index contributed by atoms with van der Waals surface area (Å²) >= 11 is 6.72. The maximum Gasteiger partial charge on any atom is 0.335 e. The fraction of sp³-hybridized carbons (Fsp3) is 0.345. The summed E-state index contributed by atoms with van der Waals surface area (Å²) in [4.78, 5) is 13.9. The highest BCUT2D eigenvalue weighted by atomic mass is 35.5. The number of hydrogen-bond donors (Lipinski definition) is 2. The fourth-order valence-electron chi connectivity index (χ4n) is 4.68. The van der Waals surface area contributed by atoms with Crippen LogP contribution < -0.4 is 9.64 Å². The summed E-state index contributed by atoms with van der Waals surface area (Å²) in [6.07, 6.45) is 5.17. The van der Waals surface area contributed by atoms with Crippen molar-refractivity contribution in [2.45, 2.75) is 39.0 Å². The zero-order valence-electron chi connectivity index (χ0n) is 20.1. The minimum Gasteiger partial charge on any atom is -0.491 e. The van der Waals surface area contributed by atoms with Gasteiger partial charge in [-0.15, -0.1) is 0 Å². The number of unbranched alkanes of at least 4 members (excludes halogenated alkanes) is 1. The lowest BCUT2D eigenvalue weighted by molar-refractivity contribution is 0.0696. The first kappa shape index (κ1) is 25.1. The number of anilines is 1. The molecule has 1 aliphatic heterocycles. The maximum absolute atomic E-state index is 11.6. The molecule has 3 aromatic carbocycles. The van der Waals surface area contributed by atoms with Crippen LogP contribution in [0.4, 0.5) is 5.69 Å². The van der Waals surface area contributed by atoms with Gasteiger partial charge in [-0.3, -0.25) is 0 Å². The van der Waals surface area contributed by atoms with Crippen LogP contribution in [0.15, 0.2) is 54.6 Å². The lowest BCUT2D eigenvalue weighted by Crippen LogP contribution is -2.17. The number of halogens is 1. The van der Waals surface area contributed by atoms with E-state index in [2.05, 4.69) is 30.0 Å². The molecular weight excluding hydrogens is 462 g/mol. The molecule has 184 valence electrons. The van der Waals surface area contributed by atoms with Gasteiger partial charge in [0, 0.05) is 18.7 Å². The maximum atomic E-state index is 11.6. The Hall–Kier alpha value is -3.02. The monoisotopic (exact) mass is 493 g/mol. The average Bonchev–Trinajstić information content (AvgIpc) is 3.40. The second kappa shape index (κ2) is 11.6. The van der Waals surface area contributed by atoms with E-state index in [0.29, 0.717) is 16.3 Å². The number of aromatic carboxylic acids is 1. The van der Waals surface area contributed by atoms with Crippen LogP contribution in [0.2, 0.25) is 5.02 Å². The van der Waals surface area contributed by atoms with Gasteiger partial charge in [0.15, 0.2) is 0 Å². The molecule has 3 aromatic rings. The number of ether oxygens (including phenoxy) is 1. The summed E-state index contributed by atoms with van der Waals surface area (Å²) in [5.41, 5.74) is 6.18. The van der Waals surface area contributed by atoms with Crippen molar-refractivity contribution in [1.82, 2.24) is 0 Å². The number of hydrogen-bond acceptors (Lipinski definition) is 4. The lowest BCUT2D eigenvalue weighted by atomic mass is 9.92. The SMILES string of the molecule is CCCCc1cc(C(=O)O)ccc1-c1ccc(OCCO)c(-c2ccc(N3CCCC3)c(Cl)c2)c1. The third-order valence-electron chi connectivity index (χ3n) is 6.50. The molecule has 1 saturated heterocycles. The summed E-state index contributed by atoms with van der Waals surface area (Å²) in [5.74, 6) is -0.250. The molecule has 6 heteroatoms. The normalized spacial score (nSPS) is 13.3. The van der Waals surface area contributed by atoms with E-state index in [9.17, 15) is 15.0 Å². The minimum atomic E-state index is -0.921. The minimum absolute atomic E-state index is 0.0757. The number of carbonyl (C=O) groups is 1. The number of rotatable bonds is 10. The average molecular weight is 494 g/mol. The van der Waals surface area contributed by atoms with Gasteiger partial charge in [-0.05, 0) is 84.3 Å². The van der Waals surface area contributed by atoms with Crippen molar-refractivity contribution in [3.8, 4) is 28.0 Å². The third-order valence-corrected chi connectivity index (χ3v) is 6.80. The van der Waals surface area contributed by atoms with Crippen molar-refractivity contribution in [3.05, 3.63) is 70.7 Å². The van der Waals surface area contributed by atoms with Crippen molar-refractivity contribution in [3.63, 3.8) is 0 Å². The molecule has 1 heterocycles. The molecule has 0 saturated carbocycles. The standard InChI is InChI=1S/C29H32ClNO4/c1-2-3-6-20-17-23(29(33)34)7-10-24(20)21-9-12-28(35-16-15-32)25(18-21)22-8-11-27(26(30)19-22)31-13-4-5-14-31/h7-12,17-19,32H,2-6,13-16H2,1H3,(H,33,34). The first-order chi connectivity index (χ1) is 17.0. The van der Waals surface area contributed by atoms with E-state index < -0.39 is 5.97 Å². The van der Waals surface area contributed by atoms with Gasteiger partial charge in [0.05, 0.1) is 22.9 Å². The van der Waals surface area contributed by atoms with Crippen LogP contribution in [0.3, 0.4) is 0 Å². The molecule has 2 N–H and O–H groups in total. The molecule has 4 rings (SSSR count). The van der Waals surface area contributed by atoms with E-state index in [1.165, 1.54) is 12.8 Å². The Balaban J connectivity index is 1.78. The molecule has 0 aliphatic carbocycles. The summed E-state index contributed by atoms with van der Waals surface area (Å²) < 4.78 is 5.87. The molecular formula is C29H32ClNO4. The first-order valence-electron chi connectivity index (χ1n) is 12.3. The second-order valence-corrected chi connectivity index (χ2v) is 9.33. The molecule has 1 aliphatic rings. The fourth-order valence-corrected chi connectivity index (χ4v) is 4.98. The van der Waals surface area contributed by atoms with Crippen LogP contribution in [0, 0.1) is 0 Å². The highest BCUT2D eigenvalue weighted by molar-refractivity contribution is 6.33. The second-order valence-electron chi connectivity index (χ2n) is 8.92. The van der Waals surface area contributed by atoms with Crippen molar-refractivity contribution in [2.75, 3.05) is 31.2 Å². The Morgan fingerprint density at radius 2 is 1.74 bits per heavy atom. The van der Waals surface area contributed by atoms with Gasteiger partial charge in [-0.2, -0.15) is 0 Å². The zero-order valence-corrected chi connectivity index (χ0v) is 20.9. The molecule has 5 nitrogen and oxygen atoms in total. The summed E-state index contributed by atoms with van der Waals surface area (Å²) in [6, 6.07) is 17.4. The zero-order chi connectivity index (χ0) is 24.8. The van der Waals surface area contributed by atoms with E-state index >= 15 is 0 Å². The van der Waals surface area contributed by atoms with Crippen LogP contribution in [0.5, 0.6) is 5.75 Å². The molecule has 0 bridgehead atoms. The first-order valence-corrected chi connectivity index (χ1v) is 12.7. The summed E-state index contributed by atoms with van der Waals surface area (Å²) in [7, 11) is 0. The predicted octanol–water partition coefficient (Wildman–Crippen LogP) is 6.69. The van der Waals surface area contributed by atoms with E-state index in [4.69, 9.17) is 16.3 Å². The number of aliphatic hydroxyl groups is 1. The molecule has 35 heavy (non-hydrogen) atoms. The van der Waals surface area contributed by atoms with Crippen LogP contribution in [-0.4, -0.2) is 42.5 Å². The Labute approximate surface area is 211 Å². The van der Waals surface area contributed by atoms with Gasteiger partial charge in [0.2, 0.25) is 0 Å². The van der Waals surface area contributed by atoms with Crippen molar-refractivity contribution < 1.29 is 19.7 Å². The van der Waals surface area contributed by atoms with Crippen LogP contribution >= 0.6 is 11.6 Å². The summed E-state index contributed by atoms with van der Waals surface area (Å²) in [5, 5.41) is 19.5.